The van der Waals surface area contributed by atoms with Crippen molar-refractivity contribution in [2.45, 2.75) is 22.6 Å². The Morgan fingerprint density at radius 1 is 1.24 bits per heavy atom. The fourth-order valence-electron chi connectivity index (χ4n) is 3.78. The second kappa shape index (κ2) is 7.53. The van der Waals surface area contributed by atoms with Crippen LogP contribution >= 0.6 is 0 Å². The number of nitrogens with zero attached hydrogens (tertiary/aromatic N) is 5. The molecule has 2 aromatic heterocycles. The summed E-state index contributed by atoms with van der Waals surface area (Å²) in [6, 6.07) is 7.94. The molecule has 33 heavy (non-hydrogen) atoms. The van der Waals surface area contributed by atoms with E-state index in [0.29, 0.717) is 16.9 Å². The van der Waals surface area contributed by atoms with E-state index >= 15 is 0 Å². The van der Waals surface area contributed by atoms with E-state index in [0.717, 1.165) is 12.1 Å². The lowest BCUT2D eigenvalue weighted by molar-refractivity contribution is 0.0714. The third kappa shape index (κ3) is 3.51. The Hall–Kier alpha value is -3.50. The van der Waals surface area contributed by atoms with E-state index in [1.165, 1.54) is 23.8 Å². The van der Waals surface area contributed by atoms with Crippen molar-refractivity contribution in [3.05, 3.63) is 59.8 Å². The normalized spacial score (nSPS) is 23.5. The van der Waals surface area contributed by atoms with Crippen LogP contribution in [0.3, 0.4) is 0 Å². The Morgan fingerprint density at radius 3 is 2.76 bits per heavy atom. The SMILES string of the molecule is COC12CC1(NS(=O)(=O)c1ccc(F)cc1)C=C(c1ccc3nnc(C#CCO)n3n1)C=N2. The predicted molar refractivity (Wildman–Crippen MR) is 115 cm³/mol. The highest BCUT2D eigenvalue weighted by Gasteiger charge is 2.71. The van der Waals surface area contributed by atoms with Crippen molar-refractivity contribution >= 4 is 27.5 Å². The van der Waals surface area contributed by atoms with Crippen LogP contribution in [0.15, 0.2) is 52.4 Å². The zero-order chi connectivity index (χ0) is 23.3. The molecule has 0 saturated heterocycles. The lowest BCUT2D eigenvalue weighted by Crippen LogP contribution is -2.44. The molecule has 5 rings (SSSR count). The second-order valence-corrected chi connectivity index (χ2v) is 9.21. The summed E-state index contributed by atoms with van der Waals surface area (Å²) in [5.74, 6) is 4.89. The van der Waals surface area contributed by atoms with Gasteiger partial charge in [0.2, 0.25) is 15.8 Å². The van der Waals surface area contributed by atoms with Gasteiger partial charge in [0.15, 0.2) is 11.4 Å². The summed E-state index contributed by atoms with van der Waals surface area (Å²) in [5, 5.41) is 21.4. The Balaban J connectivity index is 1.53. The number of methoxy groups -OCH3 is 1. The second-order valence-electron chi connectivity index (χ2n) is 7.53. The number of aliphatic hydroxyl groups is 1. The molecule has 1 fully saturated rings. The predicted octanol–water partition coefficient (Wildman–Crippen LogP) is 0.539. The minimum Gasteiger partial charge on any atom is -0.384 e. The summed E-state index contributed by atoms with van der Waals surface area (Å²) in [4.78, 5) is 4.40. The van der Waals surface area contributed by atoms with Crippen molar-refractivity contribution in [1.29, 1.82) is 0 Å². The molecule has 1 aliphatic carbocycles. The molecular formula is C21H17FN6O4S. The third-order valence-corrected chi connectivity index (χ3v) is 7.05. The van der Waals surface area contributed by atoms with Gasteiger partial charge in [-0.2, -0.15) is 14.3 Å². The Morgan fingerprint density at radius 2 is 2.03 bits per heavy atom. The molecule has 12 heteroatoms. The molecule has 2 aliphatic rings. The van der Waals surface area contributed by atoms with E-state index in [-0.39, 0.29) is 23.7 Å². The maximum atomic E-state index is 13.3. The molecule has 2 atom stereocenters. The van der Waals surface area contributed by atoms with Gasteiger partial charge < -0.3 is 9.84 Å². The number of nitrogens with one attached hydrogen (secondary N) is 1. The van der Waals surface area contributed by atoms with E-state index in [1.54, 1.807) is 24.4 Å². The van der Waals surface area contributed by atoms with Crippen LogP contribution < -0.4 is 4.72 Å². The van der Waals surface area contributed by atoms with Gasteiger partial charge in [-0.15, -0.1) is 10.2 Å². The number of allylic oxidation sites excluding steroid dienone is 1. The smallest absolute Gasteiger partial charge is 0.241 e. The van der Waals surface area contributed by atoms with Gasteiger partial charge in [0.1, 0.15) is 18.0 Å². The number of ether oxygens (including phenoxy) is 1. The zero-order valence-electron chi connectivity index (χ0n) is 17.2. The number of fused-ring (bicyclic) bond motifs is 2. The first-order valence-corrected chi connectivity index (χ1v) is 11.3. The number of benzene rings is 1. The average Bonchev–Trinajstić information content (AvgIpc) is 3.28. The number of hydrogen-bond acceptors (Lipinski definition) is 8. The monoisotopic (exact) mass is 468 g/mol. The molecule has 1 saturated carbocycles. The highest BCUT2D eigenvalue weighted by Crippen LogP contribution is 2.56. The lowest BCUT2D eigenvalue weighted by atomic mass is 10.1. The van der Waals surface area contributed by atoms with Crippen LogP contribution in [0.1, 0.15) is 17.9 Å². The fourth-order valence-corrected chi connectivity index (χ4v) is 5.16. The number of aliphatic hydroxyl groups excluding tert-OH is 1. The quantitative estimate of drug-likeness (QED) is 0.523. The van der Waals surface area contributed by atoms with Crippen molar-refractivity contribution in [1.82, 2.24) is 24.5 Å². The van der Waals surface area contributed by atoms with Crippen LogP contribution in [0, 0.1) is 17.7 Å². The molecule has 0 amide bonds. The molecule has 1 aromatic carbocycles. The molecule has 3 aromatic rings. The van der Waals surface area contributed by atoms with Gasteiger partial charge in [0.25, 0.3) is 0 Å². The van der Waals surface area contributed by atoms with Gasteiger partial charge in [-0.05, 0) is 48.4 Å². The maximum Gasteiger partial charge on any atom is 0.241 e. The minimum absolute atomic E-state index is 0.0733. The van der Waals surface area contributed by atoms with Gasteiger partial charge in [-0.1, -0.05) is 5.92 Å². The number of hydrogen-bond donors (Lipinski definition) is 2. The number of rotatable bonds is 5. The van der Waals surface area contributed by atoms with E-state index in [2.05, 4.69) is 36.9 Å². The molecule has 0 bridgehead atoms. The van der Waals surface area contributed by atoms with E-state index in [9.17, 15) is 12.8 Å². The largest absolute Gasteiger partial charge is 0.384 e. The maximum absolute atomic E-state index is 13.3. The summed E-state index contributed by atoms with van der Waals surface area (Å²) in [7, 11) is -2.54. The average molecular weight is 468 g/mol. The van der Waals surface area contributed by atoms with Crippen molar-refractivity contribution < 1.29 is 22.7 Å². The standard InChI is InChI=1S/C21H17FN6O4S/c1-32-21-13-20(21,27-33(30,31)16-6-4-15(22)5-7-16)11-14(12-23-21)17-8-9-19-25-24-18(3-2-10-29)28(19)26-17/h4-9,11-12,27,29H,10,13H2,1H3. The first-order valence-electron chi connectivity index (χ1n) is 9.77. The molecule has 1 aliphatic heterocycles. The van der Waals surface area contributed by atoms with Gasteiger partial charge in [-0.25, -0.2) is 12.8 Å². The van der Waals surface area contributed by atoms with Gasteiger partial charge in [0.05, 0.1) is 10.6 Å². The van der Waals surface area contributed by atoms with E-state index < -0.39 is 27.1 Å². The molecule has 3 heterocycles. The highest BCUT2D eigenvalue weighted by molar-refractivity contribution is 7.89. The number of aliphatic imine (C=N–C) groups is 1. The third-order valence-electron chi connectivity index (χ3n) is 5.52. The summed E-state index contributed by atoms with van der Waals surface area (Å²) in [6.07, 6.45) is 3.56. The fraction of sp³-hybridized carbons (Fsp3) is 0.238. The molecule has 0 radical (unpaired) electrons. The number of halogens is 1. The molecule has 0 spiro atoms. The van der Waals surface area contributed by atoms with Crippen molar-refractivity contribution in [2.24, 2.45) is 4.99 Å². The van der Waals surface area contributed by atoms with Crippen molar-refractivity contribution in [2.75, 3.05) is 13.7 Å². The zero-order valence-corrected chi connectivity index (χ0v) is 18.0. The van der Waals surface area contributed by atoms with Gasteiger partial charge in [-0.3, -0.25) is 4.99 Å². The Kier molecular flexibility index (Phi) is 4.87. The van der Waals surface area contributed by atoms with Crippen LogP contribution in [0.25, 0.3) is 11.2 Å². The number of dihydropyridines is 1. The first kappa shape index (κ1) is 21.4. The molecule has 10 nitrogen and oxygen atoms in total. The van der Waals surface area contributed by atoms with Crippen molar-refractivity contribution in [3.8, 4) is 11.8 Å². The molecule has 168 valence electrons. The highest BCUT2D eigenvalue weighted by atomic mass is 32.2. The van der Waals surface area contributed by atoms with Crippen LogP contribution in [0.2, 0.25) is 0 Å². The Bertz CT molecular complexity index is 1490. The molecular weight excluding hydrogens is 451 g/mol. The van der Waals surface area contributed by atoms with Crippen molar-refractivity contribution in [3.63, 3.8) is 0 Å². The molecule has 2 N–H and O–H groups in total. The summed E-state index contributed by atoms with van der Waals surface area (Å²) in [6.45, 7) is -0.331. The van der Waals surface area contributed by atoms with E-state index in [1.807, 2.05) is 0 Å². The first-order chi connectivity index (χ1) is 15.8. The van der Waals surface area contributed by atoms with Crippen LogP contribution in [0.4, 0.5) is 4.39 Å². The van der Waals surface area contributed by atoms with Crippen LogP contribution in [-0.2, 0) is 14.8 Å². The number of aromatic nitrogens is 4. The lowest BCUT2D eigenvalue weighted by Gasteiger charge is -2.24. The van der Waals surface area contributed by atoms with Gasteiger partial charge >= 0.3 is 0 Å². The molecule has 2 unspecified atom stereocenters. The summed E-state index contributed by atoms with van der Waals surface area (Å²) < 4.78 is 48.9. The van der Waals surface area contributed by atoms with Crippen LogP contribution in [-0.4, -0.2) is 64.5 Å². The number of sulfonamides is 1. The topological polar surface area (TPSA) is 131 Å². The van der Waals surface area contributed by atoms with E-state index in [4.69, 9.17) is 9.84 Å². The Labute approximate surface area is 187 Å². The van der Waals surface area contributed by atoms with Crippen LogP contribution in [0.5, 0.6) is 0 Å². The van der Waals surface area contributed by atoms with Gasteiger partial charge in [0, 0.05) is 25.3 Å². The summed E-state index contributed by atoms with van der Waals surface area (Å²) in [5.41, 5.74) is -0.725. The summed E-state index contributed by atoms with van der Waals surface area (Å²) >= 11 is 0. The minimum atomic E-state index is -3.99.